The summed E-state index contributed by atoms with van der Waals surface area (Å²) in [6.07, 6.45) is 0.812. The van der Waals surface area contributed by atoms with Crippen LogP contribution in [0.2, 0.25) is 4.34 Å². The molecule has 3 rings (SSSR count). The summed E-state index contributed by atoms with van der Waals surface area (Å²) in [6.45, 7) is 0.508. The maximum atomic E-state index is 12.6. The average molecular weight is 449 g/mol. The van der Waals surface area contributed by atoms with Crippen molar-refractivity contribution in [3.63, 3.8) is 0 Å². The largest absolute Gasteiger partial charge is 0.465 e. The minimum absolute atomic E-state index is 0.205. The fraction of sp³-hybridized carbons (Fsp3) is 0.375. The van der Waals surface area contributed by atoms with Gasteiger partial charge in [-0.3, -0.25) is 4.79 Å². The Morgan fingerprint density at radius 3 is 2.56 bits per heavy atom. The molecule has 27 heavy (non-hydrogen) atoms. The van der Waals surface area contributed by atoms with Crippen LogP contribution in [-0.4, -0.2) is 44.8 Å². The van der Waals surface area contributed by atoms with Gasteiger partial charge in [-0.2, -0.15) is 4.31 Å². The van der Waals surface area contributed by atoms with Crippen molar-refractivity contribution in [1.82, 2.24) is 4.31 Å². The number of rotatable bonds is 5. The van der Waals surface area contributed by atoms with E-state index >= 15 is 0 Å². The van der Waals surface area contributed by atoms with Gasteiger partial charge < -0.3 is 10.1 Å². The fourth-order valence-corrected chi connectivity index (χ4v) is 6.70. The number of carbonyl (C=O) groups excluding carboxylic acids is 2. The molecule has 11 heteroatoms. The van der Waals surface area contributed by atoms with E-state index in [4.69, 9.17) is 16.3 Å². The lowest BCUT2D eigenvalue weighted by atomic mass is 9.97. The van der Waals surface area contributed by atoms with Crippen LogP contribution in [0.1, 0.15) is 23.2 Å². The number of nitrogens with one attached hydrogen (secondary N) is 1. The molecular formula is C16H17ClN2O5S3. The summed E-state index contributed by atoms with van der Waals surface area (Å²) < 4.78 is 31.9. The molecule has 7 nitrogen and oxygen atoms in total. The first-order valence-corrected chi connectivity index (χ1v) is 11.6. The number of ether oxygens (including phenoxy) is 1. The van der Waals surface area contributed by atoms with Gasteiger partial charge in [0.15, 0.2) is 0 Å². The minimum Gasteiger partial charge on any atom is -0.465 e. The van der Waals surface area contributed by atoms with Gasteiger partial charge in [0, 0.05) is 19.0 Å². The van der Waals surface area contributed by atoms with E-state index in [0.717, 1.165) is 11.3 Å². The van der Waals surface area contributed by atoms with Gasteiger partial charge in [-0.05, 0) is 36.4 Å². The molecule has 0 spiro atoms. The number of anilines is 1. The quantitative estimate of drug-likeness (QED) is 0.708. The second kappa shape index (κ2) is 8.27. The molecule has 146 valence electrons. The molecule has 2 aromatic heterocycles. The molecule has 0 saturated carbocycles. The lowest BCUT2D eigenvalue weighted by Gasteiger charge is -2.30. The van der Waals surface area contributed by atoms with E-state index in [1.807, 2.05) is 0 Å². The third-order valence-electron chi connectivity index (χ3n) is 4.27. The summed E-state index contributed by atoms with van der Waals surface area (Å²) in [5, 5.41) is 4.90. The first-order chi connectivity index (χ1) is 12.8. The van der Waals surface area contributed by atoms with E-state index < -0.39 is 16.0 Å². The van der Waals surface area contributed by atoms with Crippen molar-refractivity contribution in [3.8, 4) is 0 Å². The predicted octanol–water partition coefficient (Wildman–Crippen LogP) is 3.29. The van der Waals surface area contributed by atoms with Crippen LogP contribution in [0.5, 0.6) is 0 Å². The highest BCUT2D eigenvalue weighted by Gasteiger charge is 2.33. The molecule has 0 radical (unpaired) electrons. The van der Waals surface area contributed by atoms with Crippen LogP contribution in [0.4, 0.5) is 5.00 Å². The summed E-state index contributed by atoms with van der Waals surface area (Å²) >= 11 is 8.09. The predicted molar refractivity (Wildman–Crippen MR) is 105 cm³/mol. The number of halogens is 1. The zero-order valence-electron chi connectivity index (χ0n) is 14.3. The maximum absolute atomic E-state index is 12.6. The average Bonchev–Trinajstić information content (AvgIpc) is 3.30. The van der Waals surface area contributed by atoms with E-state index in [2.05, 4.69) is 5.32 Å². The zero-order valence-corrected chi connectivity index (χ0v) is 17.5. The monoisotopic (exact) mass is 448 g/mol. The minimum atomic E-state index is -3.59. The molecule has 1 fully saturated rings. The van der Waals surface area contributed by atoms with Gasteiger partial charge >= 0.3 is 5.97 Å². The molecule has 1 aliphatic heterocycles. The number of nitrogens with zero attached hydrogens (tertiary/aromatic N) is 1. The molecule has 0 unspecified atom stereocenters. The lowest BCUT2D eigenvalue weighted by Crippen LogP contribution is -2.41. The number of hydrogen-bond acceptors (Lipinski definition) is 7. The van der Waals surface area contributed by atoms with Crippen molar-refractivity contribution < 1.29 is 22.7 Å². The smallest absolute Gasteiger partial charge is 0.340 e. The Labute approximate surface area is 169 Å². The Kier molecular flexibility index (Phi) is 6.21. The number of piperidine rings is 1. The molecule has 0 atom stereocenters. The van der Waals surface area contributed by atoms with Crippen molar-refractivity contribution in [1.29, 1.82) is 0 Å². The van der Waals surface area contributed by atoms with E-state index in [9.17, 15) is 18.0 Å². The Hall–Kier alpha value is -1.46. The van der Waals surface area contributed by atoms with Gasteiger partial charge in [-0.25, -0.2) is 13.2 Å². The number of methoxy groups -OCH3 is 1. The highest BCUT2D eigenvalue weighted by molar-refractivity contribution is 7.91. The van der Waals surface area contributed by atoms with E-state index in [-0.39, 0.29) is 29.1 Å². The summed E-state index contributed by atoms with van der Waals surface area (Å²) in [7, 11) is -2.30. The van der Waals surface area contributed by atoms with Crippen LogP contribution in [0.3, 0.4) is 0 Å². The molecule has 0 bridgehead atoms. The lowest BCUT2D eigenvalue weighted by molar-refractivity contribution is -0.120. The second-order valence-corrected chi connectivity index (χ2v) is 10.7. The van der Waals surface area contributed by atoms with E-state index in [0.29, 0.717) is 27.7 Å². The number of sulfonamides is 1. The number of hydrogen-bond donors (Lipinski definition) is 1. The fourth-order valence-electron chi connectivity index (χ4n) is 2.81. The molecular weight excluding hydrogens is 432 g/mol. The van der Waals surface area contributed by atoms with Crippen LogP contribution >= 0.6 is 34.3 Å². The first kappa shape index (κ1) is 20.3. The first-order valence-electron chi connectivity index (χ1n) is 8.05. The number of amides is 1. The molecule has 2 aromatic rings. The third-order valence-corrected chi connectivity index (χ3v) is 8.70. The van der Waals surface area contributed by atoms with Gasteiger partial charge in [0.1, 0.15) is 9.21 Å². The van der Waals surface area contributed by atoms with E-state index in [1.165, 1.54) is 28.8 Å². The number of esters is 1. The van der Waals surface area contributed by atoms with Crippen LogP contribution < -0.4 is 5.32 Å². The van der Waals surface area contributed by atoms with Gasteiger partial charge in [0.25, 0.3) is 10.0 Å². The second-order valence-electron chi connectivity index (χ2n) is 5.88. The van der Waals surface area contributed by atoms with Gasteiger partial charge in [0.2, 0.25) is 5.91 Å². The Morgan fingerprint density at radius 2 is 1.96 bits per heavy atom. The van der Waals surface area contributed by atoms with Crippen LogP contribution in [0.25, 0.3) is 0 Å². The number of thiophene rings is 2. The van der Waals surface area contributed by atoms with E-state index in [1.54, 1.807) is 17.5 Å². The topological polar surface area (TPSA) is 92.8 Å². The standard InChI is InChI=1S/C16H17ClN2O5S3/c1-24-16(21)11-6-9-25-15(11)18-14(20)10-4-7-19(8-5-10)27(22,23)13-3-2-12(17)26-13/h2-3,6,9-10H,4-5,7-8H2,1H3,(H,18,20). The summed E-state index contributed by atoms with van der Waals surface area (Å²) in [5.41, 5.74) is 0.311. The summed E-state index contributed by atoms with van der Waals surface area (Å²) in [5.74, 6) is -1.06. The zero-order chi connectivity index (χ0) is 19.6. The Bertz CT molecular complexity index is 945. The van der Waals surface area contributed by atoms with Crippen molar-refractivity contribution >= 4 is 61.2 Å². The molecule has 3 heterocycles. The Morgan fingerprint density at radius 1 is 1.26 bits per heavy atom. The normalized spacial score (nSPS) is 16.2. The van der Waals surface area contributed by atoms with Gasteiger partial charge in [-0.1, -0.05) is 11.6 Å². The number of carbonyl (C=O) groups is 2. The highest BCUT2D eigenvalue weighted by Crippen LogP contribution is 2.31. The summed E-state index contributed by atoms with van der Waals surface area (Å²) in [6, 6.07) is 4.64. The molecule has 1 amide bonds. The molecule has 1 saturated heterocycles. The van der Waals surface area contributed by atoms with Crippen molar-refractivity contribution in [2.24, 2.45) is 5.92 Å². The van der Waals surface area contributed by atoms with Crippen LogP contribution in [0, 0.1) is 5.92 Å². The van der Waals surface area contributed by atoms with Crippen molar-refractivity contribution in [3.05, 3.63) is 33.5 Å². The van der Waals surface area contributed by atoms with Gasteiger partial charge in [0.05, 0.1) is 17.0 Å². The maximum Gasteiger partial charge on any atom is 0.340 e. The molecule has 1 aliphatic rings. The van der Waals surface area contributed by atoms with Crippen LogP contribution in [-0.2, 0) is 19.6 Å². The molecule has 0 aromatic carbocycles. The Balaban J connectivity index is 1.62. The molecule has 1 N–H and O–H groups in total. The van der Waals surface area contributed by atoms with Gasteiger partial charge in [-0.15, -0.1) is 22.7 Å². The summed E-state index contributed by atoms with van der Waals surface area (Å²) in [4.78, 5) is 24.2. The van der Waals surface area contributed by atoms with Crippen molar-refractivity contribution in [2.45, 2.75) is 17.1 Å². The third kappa shape index (κ3) is 4.35. The van der Waals surface area contributed by atoms with Crippen LogP contribution in [0.15, 0.2) is 27.8 Å². The highest BCUT2D eigenvalue weighted by atomic mass is 35.5. The SMILES string of the molecule is COC(=O)c1ccsc1NC(=O)C1CCN(S(=O)(=O)c2ccc(Cl)s2)CC1. The van der Waals surface area contributed by atoms with Crippen molar-refractivity contribution in [2.75, 3.05) is 25.5 Å². The molecule has 0 aliphatic carbocycles.